The number of amides is 1. The van der Waals surface area contributed by atoms with Gasteiger partial charge in [0.2, 0.25) is 11.9 Å². The normalized spacial score (nSPS) is 14.2. The average Bonchev–Trinajstić information content (AvgIpc) is 3.20. The van der Waals surface area contributed by atoms with Crippen molar-refractivity contribution in [2.24, 2.45) is 0 Å². The van der Waals surface area contributed by atoms with Gasteiger partial charge < -0.3 is 9.80 Å². The van der Waals surface area contributed by atoms with Gasteiger partial charge in [-0.2, -0.15) is 0 Å². The molecular formula is C20H20ClN5OS2. The molecule has 1 saturated heterocycles. The lowest BCUT2D eigenvalue weighted by atomic mass is 10.2. The molecule has 0 atom stereocenters. The van der Waals surface area contributed by atoms with E-state index in [4.69, 9.17) is 11.6 Å². The van der Waals surface area contributed by atoms with Gasteiger partial charge in [0.15, 0.2) is 0 Å². The number of hydrogen-bond donors (Lipinski definition) is 0. The Labute approximate surface area is 183 Å². The molecule has 1 aromatic carbocycles. The molecule has 3 aromatic rings. The minimum atomic E-state index is 0.121. The lowest BCUT2D eigenvalue weighted by Gasteiger charge is -2.34. The topological polar surface area (TPSA) is 62.2 Å². The standard InChI is InChI=1S/C20H20ClN5OS2/c21-16-4-1-3-15(11-16)13-28-20-24-17(14-29-20)12-18(27)25-7-9-26(10-8-25)19-22-5-2-6-23-19/h1-6,11,14H,7-10,12-13H2. The number of halogens is 1. The summed E-state index contributed by atoms with van der Waals surface area (Å²) >= 11 is 9.28. The molecule has 0 N–H and O–H groups in total. The molecule has 0 spiro atoms. The van der Waals surface area contributed by atoms with Crippen LogP contribution >= 0.6 is 34.7 Å². The predicted octanol–water partition coefficient (Wildman–Crippen LogP) is 3.77. The average molecular weight is 446 g/mol. The van der Waals surface area contributed by atoms with Crippen molar-refractivity contribution in [1.82, 2.24) is 19.9 Å². The Morgan fingerprint density at radius 2 is 1.93 bits per heavy atom. The highest BCUT2D eigenvalue weighted by Crippen LogP contribution is 2.27. The predicted molar refractivity (Wildman–Crippen MR) is 118 cm³/mol. The van der Waals surface area contributed by atoms with E-state index in [0.29, 0.717) is 19.5 Å². The molecule has 1 aliphatic heterocycles. The van der Waals surface area contributed by atoms with Crippen LogP contribution in [0.15, 0.2) is 52.4 Å². The molecular weight excluding hydrogens is 426 g/mol. The smallest absolute Gasteiger partial charge is 0.228 e. The number of carbonyl (C=O) groups is 1. The maximum absolute atomic E-state index is 12.7. The summed E-state index contributed by atoms with van der Waals surface area (Å²) in [6, 6.07) is 9.64. The Bertz CT molecular complexity index is 960. The van der Waals surface area contributed by atoms with Crippen LogP contribution in [0.3, 0.4) is 0 Å². The number of rotatable bonds is 6. The van der Waals surface area contributed by atoms with E-state index in [0.717, 1.165) is 45.4 Å². The summed E-state index contributed by atoms with van der Waals surface area (Å²) in [5.74, 6) is 1.65. The molecule has 9 heteroatoms. The zero-order valence-electron chi connectivity index (χ0n) is 15.7. The number of carbonyl (C=O) groups excluding carboxylic acids is 1. The summed E-state index contributed by atoms with van der Waals surface area (Å²) < 4.78 is 0.971. The van der Waals surface area contributed by atoms with Crippen molar-refractivity contribution in [3.8, 4) is 0 Å². The maximum atomic E-state index is 12.7. The Hall–Kier alpha value is -2.16. The van der Waals surface area contributed by atoms with Gasteiger partial charge in [-0.3, -0.25) is 4.79 Å². The van der Waals surface area contributed by atoms with Gasteiger partial charge in [-0.1, -0.05) is 35.5 Å². The molecule has 29 heavy (non-hydrogen) atoms. The monoisotopic (exact) mass is 445 g/mol. The molecule has 1 aliphatic rings. The first-order valence-corrected chi connectivity index (χ1v) is 11.5. The largest absolute Gasteiger partial charge is 0.339 e. The number of thioether (sulfide) groups is 1. The third kappa shape index (κ3) is 5.46. The molecule has 4 rings (SSSR count). The van der Waals surface area contributed by atoms with Crippen LogP contribution < -0.4 is 4.90 Å². The molecule has 1 fully saturated rings. The number of thiazole rings is 1. The van der Waals surface area contributed by atoms with Crippen LogP contribution in [0.2, 0.25) is 5.02 Å². The molecule has 2 aromatic heterocycles. The van der Waals surface area contributed by atoms with E-state index < -0.39 is 0 Å². The van der Waals surface area contributed by atoms with E-state index in [-0.39, 0.29) is 5.91 Å². The van der Waals surface area contributed by atoms with Gasteiger partial charge in [-0.15, -0.1) is 11.3 Å². The SMILES string of the molecule is O=C(Cc1csc(SCc2cccc(Cl)c2)n1)N1CCN(c2ncccn2)CC1. The first-order valence-electron chi connectivity index (χ1n) is 9.29. The fraction of sp³-hybridized carbons (Fsp3) is 0.300. The summed E-state index contributed by atoms with van der Waals surface area (Å²) in [6.07, 6.45) is 3.82. The van der Waals surface area contributed by atoms with E-state index in [2.05, 4.69) is 25.9 Å². The molecule has 0 bridgehead atoms. The minimum absolute atomic E-state index is 0.121. The summed E-state index contributed by atoms with van der Waals surface area (Å²) in [6.45, 7) is 2.84. The Morgan fingerprint density at radius 1 is 1.14 bits per heavy atom. The van der Waals surface area contributed by atoms with E-state index >= 15 is 0 Å². The van der Waals surface area contributed by atoms with E-state index in [1.807, 2.05) is 28.5 Å². The lowest BCUT2D eigenvalue weighted by Crippen LogP contribution is -2.49. The second-order valence-electron chi connectivity index (χ2n) is 6.62. The van der Waals surface area contributed by atoms with Crippen LogP contribution in [0.25, 0.3) is 0 Å². The first-order chi connectivity index (χ1) is 14.2. The quantitative estimate of drug-likeness (QED) is 0.538. The number of aromatic nitrogens is 3. The molecule has 6 nitrogen and oxygen atoms in total. The number of benzene rings is 1. The molecule has 0 unspecified atom stereocenters. The fourth-order valence-electron chi connectivity index (χ4n) is 3.08. The minimum Gasteiger partial charge on any atom is -0.339 e. The van der Waals surface area contributed by atoms with Crippen LogP contribution in [-0.2, 0) is 17.0 Å². The molecule has 150 valence electrons. The van der Waals surface area contributed by atoms with Crippen molar-refractivity contribution in [2.75, 3.05) is 31.1 Å². The molecule has 0 radical (unpaired) electrons. The van der Waals surface area contributed by atoms with Crippen molar-refractivity contribution in [2.45, 2.75) is 16.5 Å². The third-order valence-corrected chi connectivity index (χ3v) is 6.96. The van der Waals surface area contributed by atoms with Crippen LogP contribution in [0.5, 0.6) is 0 Å². The van der Waals surface area contributed by atoms with Crippen LogP contribution in [0.1, 0.15) is 11.3 Å². The Morgan fingerprint density at radius 3 is 2.69 bits per heavy atom. The third-order valence-electron chi connectivity index (χ3n) is 4.58. The van der Waals surface area contributed by atoms with Gasteiger partial charge in [0, 0.05) is 54.7 Å². The number of anilines is 1. The van der Waals surface area contributed by atoms with Crippen LogP contribution in [0, 0.1) is 0 Å². The van der Waals surface area contributed by atoms with Gasteiger partial charge in [-0.05, 0) is 23.8 Å². The maximum Gasteiger partial charge on any atom is 0.228 e. The van der Waals surface area contributed by atoms with Gasteiger partial charge in [0.1, 0.15) is 4.34 Å². The molecule has 1 amide bonds. The fourth-order valence-corrected chi connectivity index (χ4v) is 5.09. The highest BCUT2D eigenvalue weighted by Gasteiger charge is 2.23. The van der Waals surface area contributed by atoms with Gasteiger partial charge in [0.25, 0.3) is 0 Å². The molecule has 0 aliphatic carbocycles. The second-order valence-corrected chi connectivity index (χ2v) is 9.13. The van der Waals surface area contributed by atoms with Crippen molar-refractivity contribution < 1.29 is 4.79 Å². The van der Waals surface area contributed by atoms with Crippen molar-refractivity contribution in [3.63, 3.8) is 0 Å². The summed E-state index contributed by atoms with van der Waals surface area (Å²) in [4.78, 5) is 29.8. The highest BCUT2D eigenvalue weighted by molar-refractivity contribution is 8.00. The van der Waals surface area contributed by atoms with Crippen LogP contribution in [-0.4, -0.2) is 51.9 Å². The number of nitrogens with zero attached hydrogens (tertiary/aromatic N) is 5. The first kappa shape index (κ1) is 20.1. The Kier molecular flexibility index (Phi) is 6.63. The summed E-state index contributed by atoms with van der Waals surface area (Å²) in [5.41, 5.74) is 2.00. The summed E-state index contributed by atoms with van der Waals surface area (Å²) in [5, 5.41) is 2.72. The van der Waals surface area contributed by atoms with E-state index in [1.54, 1.807) is 41.6 Å². The van der Waals surface area contributed by atoms with Gasteiger partial charge in [-0.25, -0.2) is 15.0 Å². The second kappa shape index (κ2) is 9.56. The van der Waals surface area contributed by atoms with Crippen molar-refractivity contribution >= 4 is 46.6 Å². The van der Waals surface area contributed by atoms with Crippen LogP contribution in [0.4, 0.5) is 5.95 Å². The zero-order chi connectivity index (χ0) is 20.1. The van der Waals surface area contributed by atoms with E-state index in [1.165, 1.54) is 0 Å². The van der Waals surface area contributed by atoms with Crippen molar-refractivity contribution in [1.29, 1.82) is 0 Å². The van der Waals surface area contributed by atoms with E-state index in [9.17, 15) is 4.79 Å². The Balaban J connectivity index is 1.26. The number of piperazine rings is 1. The van der Waals surface area contributed by atoms with Gasteiger partial charge >= 0.3 is 0 Å². The van der Waals surface area contributed by atoms with Gasteiger partial charge in [0.05, 0.1) is 12.1 Å². The highest BCUT2D eigenvalue weighted by atomic mass is 35.5. The molecule has 0 saturated carbocycles. The number of hydrogen-bond acceptors (Lipinski definition) is 7. The molecule has 3 heterocycles. The lowest BCUT2D eigenvalue weighted by molar-refractivity contribution is -0.130. The zero-order valence-corrected chi connectivity index (χ0v) is 18.1. The summed E-state index contributed by atoms with van der Waals surface area (Å²) in [7, 11) is 0. The van der Waals surface area contributed by atoms with Crippen molar-refractivity contribution in [3.05, 3.63) is 64.4 Å².